The van der Waals surface area contributed by atoms with Gasteiger partial charge in [-0.15, -0.1) is 0 Å². The van der Waals surface area contributed by atoms with Crippen LogP contribution in [0.25, 0.3) is 10.9 Å². The summed E-state index contributed by atoms with van der Waals surface area (Å²) in [7, 11) is 0. The smallest absolute Gasteiger partial charge is 0.0460 e. The highest BCUT2D eigenvalue weighted by Crippen LogP contribution is 2.19. The number of aromatic amines is 1. The highest BCUT2D eigenvalue weighted by atomic mass is 14.7. The van der Waals surface area contributed by atoms with E-state index in [1.165, 1.54) is 16.5 Å². The number of rotatable bonds is 1. The van der Waals surface area contributed by atoms with E-state index >= 15 is 0 Å². The first-order valence-electron chi connectivity index (χ1n) is 4.26. The summed E-state index contributed by atoms with van der Waals surface area (Å²) < 4.78 is 0. The average Bonchev–Trinajstić information content (AvgIpc) is 2.49. The molecular weight excluding hydrogens is 146 g/mol. The molecule has 2 aromatic rings. The molecule has 0 fully saturated rings. The maximum Gasteiger partial charge on any atom is 0.0460 e. The molecule has 1 N–H and O–H groups in total. The Morgan fingerprint density at radius 3 is 2.92 bits per heavy atom. The lowest BCUT2D eigenvalue weighted by atomic mass is 10.0. The number of aromatic nitrogens is 1. The first kappa shape index (κ1) is 7.41. The molecular formula is C11H12N. The van der Waals surface area contributed by atoms with E-state index < -0.39 is 0 Å². The lowest BCUT2D eigenvalue weighted by molar-refractivity contribution is 0.869. The van der Waals surface area contributed by atoms with Crippen molar-refractivity contribution in [3.63, 3.8) is 0 Å². The van der Waals surface area contributed by atoms with E-state index in [0.29, 0.717) is 5.92 Å². The molecule has 61 valence electrons. The fourth-order valence-corrected chi connectivity index (χ4v) is 1.36. The maximum absolute atomic E-state index is 3.16. The first-order valence-corrected chi connectivity index (χ1v) is 4.26. The van der Waals surface area contributed by atoms with E-state index in [2.05, 4.69) is 43.1 Å². The summed E-state index contributed by atoms with van der Waals surface area (Å²) in [5.74, 6) is 0.595. The molecule has 0 aliphatic rings. The van der Waals surface area contributed by atoms with Crippen molar-refractivity contribution in [1.29, 1.82) is 0 Å². The van der Waals surface area contributed by atoms with E-state index in [9.17, 15) is 0 Å². The number of nitrogens with one attached hydrogen (secondary N) is 1. The zero-order valence-corrected chi connectivity index (χ0v) is 7.39. The molecule has 1 heterocycles. The van der Waals surface area contributed by atoms with Gasteiger partial charge in [0.05, 0.1) is 0 Å². The number of fused-ring (bicyclic) bond motifs is 1. The SMILES string of the molecule is CC(C)c1ccc2[nH]c[c]c2c1. The maximum atomic E-state index is 3.16. The summed E-state index contributed by atoms with van der Waals surface area (Å²) in [6.45, 7) is 4.40. The standard InChI is InChI=1S/C11H12N/c1-8(2)9-3-4-11-10(7-9)5-6-12-11/h3-4,6-8,12H,1-2H3. The molecule has 0 atom stereocenters. The zero-order chi connectivity index (χ0) is 8.55. The lowest BCUT2D eigenvalue weighted by Crippen LogP contribution is -1.85. The largest absolute Gasteiger partial charge is 0.361 e. The summed E-state index contributed by atoms with van der Waals surface area (Å²) >= 11 is 0. The van der Waals surface area contributed by atoms with Crippen LogP contribution >= 0.6 is 0 Å². The Bertz CT molecular complexity index is 385. The van der Waals surface area contributed by atoms with E-state index in [-0.39, 0.29) is 0 Å². The number of hydrogen-bond acceptors (Lipinski definition) is 0. The second-order valence-corrected chi connectivity index (χ2v) is 3.39. The van der Waals surface area contributed by atoms with E-state index in [1.807, 2.05) is 6.20 Å². The van der Waals surface area contributed by atoms with Crippen LogP contribution in [0.4, 0.5) is 0 Å². The van der Waals surface area contributed by atoms with Gasteiger partial charge in [0, 0.05) is 23.2 Å². The monoisotopic (exact) mass is 158 g/mol. The van der Waals surface area contributed by atoms with Gasteiger partial charge in [0.1, 0.15) is 0 Å². The fourth-order valence-electron chi connectivity index (χ4n) is 1.36. The molecule has 1 radical (unpaired) electrons. The predicted octanol–water partition coefficient (Wildman–Crippen LogP) is 3.09. The fraction of sp³-hybridized carbons (Fsp3) is 0.273. The van der Waals surface area contributed by atoms with Gasteiger partial charge in [0.15, 0.2) is 0 Å². The van der Waals surface area contributed by atoms with Gasteiger partial charge in [-0.2, -0.15) is 0 Å². The Kier molecular flexibility index (Phi) is 1.65. The van der Waals surface area contributed by atoms with Crippen molar-refractivity contribution in [3.8, 4) is 0 Å². The molecule has 1 aromatic carbocycles. The summed E-state index contributed by atoms with van der Waals surface area (Å²) in [6, 6.07) is 9.63. The van der Waals surface area contributed by atoms with E-state index in [4.69, 9.17) is 0 Å². The van der Waals surface area contributed by atoms with Crippen LogP contribution in [-0.4, -0.2) is 4.98 Å². The Balaban J connectivity index is 2.60. The third kappa shape index (κ3) is 1.11. The highest BCUT2D eigenvalue weighted by molar-refractivity contribution is 5.79. The molecule has 0 amide bonds. The van der Waals surface area contributed by atoms with Crippen LogP contribution in [-0.2, 0) is 0 Å². The van der Waals surface area contributed by atoms with Gasteiger partial charge in [-0.25, -0.2) is 0 Å². The van der Waals surface area contributed by atoms with Crippen molar-refractivity contribution in [2.45, 2.75) is 19.8 Å². The van der Waals surface area contributed by atoms with Crippen LogP contribution < -0.4 is 0 Å². The van der Waals surface area contributed by atoms with Gasteiger partial charge in [0.25, 0.3) is 0 Å². The van der Waals surface area contributed by atoms with E-state index in [0.717, 1.165) is 0 Å². The molecule has 1 heteroatoms. The second-order valence-electron chi connectivity index (χ2n) is 3.39. The normalized spacial score (nSPS) is 11.2. The molecule has 0 aliphatic carbocycles. The second kappa shape index (κ2) is 2.67. The summed E-state index contributed by atoms with van der Waals surface area (Å²) in [4.78, 5) is 3.13. The average molecular weight is 158 g/mol. The molecule has 12 heavy (non-hydrogen) atoms. The number of H-pyrrole nitrogens is 1. The van der Waals surface area contributed by atoms with Crippen molar-refractivity contribution in [2.24, 2.45) is 0 Å². The number of benzene rings is 1. The van der Waals surface area contributed by atoms with Crippen LogP contribution in [0.3, 0.4) is 0 Å². The molecule has 0 saturated carbocycles. The third-order valence-corrected chi connectivity index (χ3v) is 2.17. The minimum absolute atomic E-state index is 0.595. The van der Waals surface area contributed by atoms with Gasteiger partial charge >= 0.3 is 0 Å². The summed E-state index contributed by atoms with van der Waals surface area (Å²) in [6.07, 6.45) is 1.86. The lowest BCUT2D eigenvalue weighted by Gasteiger charge is -2.03. The van der Waals surface area contributed by atoms with Crippen LogP contribution in [0.2, 0.25) is 0 Å². The Morgan fingerprint density at radius 2 is 2.17 bits per heavy atom. The van der Waals surface area contributed by atoms with Crippen molar-refractivity contribution in [2.75, 3.05) is 0 Å². The van der Waals surface area contributed by atoms with Crippen LogP contribution in [0, 0.1) is 6.07 Å². The Labute approximate surface area is 72.4 Å². The number of hydrogen-bond donors (Lipinski definition) is 1. The predicted molar refractivity (Wildman–Crippen MR) is 51.2 cm³/mol. The Morgan fingerprint density at radius 1 is 1.33 bits per heavy atom. The van der Waals surface area contributed by atoms with Gasteiger partial charge in [-0.05, 0) is 23.6 Å². The van der Waals surface area contributed by atoms with Crippen LogP contribution in [0.1, 0.15) is 25.3 Å². The van der Waals surface area contributed by atoms with E-state index in [1.54, 1.807) is 0 Å². The van der Waals surface area contributed by atoms with Gasteiger partial charge in [0.2, 0.25) is 0 Å². The molecule has 0 spiro atoms. The van der Waals surface area contributed by atoms with Crippen molar-refractivity contribution in [1.82, 2.24) is 4.98 Å². The zero-order valence-electron chi connectivity index (χ0n) is 7.39. The third-order valence-electron chi connectivity index (χ3n) is 2.17. The minimum Gasteiger partial charge on any atom is -0.361 e. The molecule has 1 nitrogen and oxygen atoms in total. The summed E-state index contributed by atoms with van der Waals surface area (Å²) in [5.41, 5.74) is 2.54. The molecule has 0 bridgehead atoms. The molecule has 2 rings (SSSR count). The molecule has 1 aromatic heterocycles. The van der Waals surface area contributed by atoms with Crippen molar-refractivity contribution < 1.29 is 0 Å². The minimum atomic E-state index is 0.595. The van der Waals surface area contributed by atoms with Crippen LogP contribution in [0.5, 0.6) is 0 Å². The molecule has 0 aliphatic heterocycles. The topological polar surface area (TPSA) is 15.8 Å². The molecule has 0 unspecified atom stereocenters. The van der Waals surface area contributed by atoms with Crippen molar-refractivity contribution in [3.05, 3.63) is 36.0 Å². The first-order chi connectivity index (χ1) is 5.77. The van der Waals surface area contributed by atoms with Gasteiger partial charge in [-0.1, -0.05) is 19.9 Å². The Hall–Kier alpha value is -1.24. The van der Waals surface area contributed by atoms with Crippen LogP contribution in [0.15, 0.2) is 24.4 Å². The summed E-state index contributed by atoms with van der Waals surface area (Å²) in [5, 5.41) is 1.18. The van der Waals surface area contributed by atoms with Crippen molar-refractivity contribution >= 4 is 10.9 Å². The quantitative estimate of drug-likeness (QED) is 0.656. The van der Waals surface area contributed by atoms with Gasteiger partial charge < -0.3 is 4.98 Å². The highest BCUT2D eigenvalue weighted by Gasteiger charge is 2.00. The van der Waals surface area contributed by atoms with Gasteiger partial charge in [-0.3, -0.25) is 0 Å². The molecule has 0 saturated heterocycles.